The van der Waals surface area contributed by atoms with Crippen LogP contribution in [0.1, 0.15) is 74.1 Å². The van der Waals surface area contributed by atoms with Crippen LogP contribution in [0.2, 0.25) is 0 Å². The van der Waals surface area contributed by atoms with E-state index in [9.17, 15) is 4.79 Å². The van der Waals surface area contributed by atoms with Gasteiger partial charge in [0.25, 0.3) is 0 Å². The van der Waals surface area contributed by atoms with Gasteiger partial charge >= 0.3 is 0 Å². The normalized spacial score (nSPS) is 12.9. The number of rotatable bonds is 6. The van der Waals surface area contributed by atoms with Gasteiger partial charge in [-0.3, -0.25) is 9.48 Å². The van der Waals surface area contributed by atoms with Crippen molar-refractivity contribution in [1.29, 1.82) is 0 Å². The summed E-state index contributed by atoms with van der Waals surface area (Å²) in [5.41, 5.74) is 13.4. The number of amides is 1. The van der Waals surface area contributed by atoms with Crippen molar-refractivity contribution >= 4 is 16.8 Å². The number of hydrogen-bond acceptors (Lipinski definition) is 2. The van der Waals surface area contributed by atoms with Crippen LogP contribution >= 0.6 is 0 Å². The number of primary amides is 1. The molecule has 1 atom stereocenters. The number of aryl methyl sites for hydroxylation is 1. The number of nitrogens with zero attached hydrogens (tertiary/aromatic N) is 2. The number of nitrogens with two attached hydrogens (primary N) is 1. The molecule has 4 nitrogen and oxygen atoms in total. The molecule has 4 heteroatoms. The van der Waals surface area contributed by atoms with E-state index in [4.69, 9.17) is 10.8 Å². The second kappa shape index (κ2) is 9.09. The van der Waals surface area contributed by atoms with Gasteiger partial charge in [-0.25, -0.2) is 0 Å². The molecule has 34 heavy (non-hydrogen) atoms. The number of carbonyl (C=O) groups is 1. The maximum Gasteiger partial charge on any atom is 0.248 e. The highest BCUT2D eigenvalue weighted by atomic mass is 16.1. The lowest BCUT2D eigenvalue weighted by Gasteiger charge is -2.22. The Bertz CT molecular complexity index is 1310. The van der Waals surface area contributed by atoms with E-state index in [1.54, 1.807) is 12.1 Å². The van der Waals surface area contributed by atoms with Gasteiger partial charge in [-0.2, -0.15) is 5.10 Å². The monoisotopic (exact) mass is 453 g/mol. The molecule has 4 aromatic rings. The van der Waals surface area contributed by atoms with Crippen molar-refractivity contribution in [2.24, 2.45) is 11.7 Å². The predicted octanol–water partition coefficient (Wildman–Crippen LogP) is 7.04. The summed E-state index contributed by atoms with van der Waals surface area (Å²) < 4.78 is 2.13. The molecule has 0 aliphatic rings. The number of benzene rings is 3. The van der Waals surface area contributed by atoms with Gasteiger partial charge in [0, 0.05) is 10.9 Å². The van der Waals surface area contributed by atoms with Crippen molar-refractivity contribution in [2.45, 2.75) is 59.4 Å². The summed E-state index contributed by atoms with van der Waals surface area (Å²) in [4.78, 5) is 11.5. The summed E-state index contributed by atoms with van der Waals surface area (Å²) in [7, 11) is 0. The van der Waals surface area contributed by atoms with Crippen LogP contribution in [0.25, 0.3) is 22.0 Å². The first-order valence-corrected chi connectivity index (χ1v) is 12.0. The molecule has 0 spiro atoms. The zero-order chi connectivity index (χ0) is 24.6. The van der Waals surface area contributed by atoms with Gasteiger partial charge in [-0.15, -0.1) is 0 Å². The van der Waals surface area contributed by atoms with E-state index in [1.807, 2.05) is 18.3 Å². The Hall–Kier alpha value is -3.40. The number of aromatic nitrogens is 2. The Kier molecular flexibility index (Phi) is 6.35. The lowest BCUT2D eigenvalue weighted by molar-refractivity contribution is 0.1000. The van der Waals surface area contributed by atoms with Gasteiger partial charge in [0.05, 0.1) is 17.8 Å². The van der Waals surface area contributed by atoms with Gasteiger partial charge in [-0.1, -0.05) is 77.1 Å². The molecule has 0 saturated heterocycles. The van der Waals surface area contributed by atoms with Crippen LogP contribution in [0.5, 0.6) is 0 Å². The van der Waals surface area contributed by atoms with E-state index < -0.39 is 5.91 Å². The highest BCUT2D eigenvalue weighted by molar-refractivity contribution is 5.93. The second-order valence-electron chi connectivity index (χ2n) is 10.7. The van der Waals surface area contributed by atoms with Crippen molar-refractivity contribution in [3.05, 3.63) is 89.1 Å². The quantitative estimate of drug-likeness (QED) is 0.340. The zero-order valence-electron chi connectivity index (χ0n) is 21.1. The zero-order valence-corrected chi connectivity index (χ0v) is 21.1. The Morgan fingerprint density at radius 3 is 2.18 bits per heavy atom. The molecule has 2 N–H and O–H groups in total. The third-order valence-corrected chi connectivity index (χ3v) is 6.68. The van der Waals surface area contributed by atoms with Crippen LogP contribution in [-0.4, -0.2) is 15.7 Å². The molecule has 0 saturated carbocycles. The number of carbonyl (C=O) groups excluding carboxylic acids is 1. The molecule has 176 valence electrons. The van der Waals surface area contributed by atoms with Crippen molar-refractivity contribution in [2.75, 3.05) is 0 Å². The topological polar surface area (TPSA) is 60.9 Å². The molecular formula is C30H35N3O. The molecule has 1 heterocycles. The van der Waals surface area contributed by atoms with Crippen molar-refractivity contribution in [3.8, 4) is 11.1 Å². The highest BCUT2D eigenvalue weighted by Crippen LogP contribution is 2.35. The average molecular weight is 454 g/mol. The molecule has 1 amide bonds. The lowest BCUT2D eigenvalue weighted by atomic mass is 9.86. The largest absolute Gasteiger partial charge is 0.366 e. The van der Waals surface area contributed by atoms with E-state index in [0.717, 1.165) is 17.5 Å². The summed E-state index contributed by atoms with van der Waals surface area (Å²) in [5, 5.41) is 6.02. The second-order valence-corrected chi connectivity index (χ2v) is 10.7. The Balaban J connectivity index is 1.76. The first-order chi connectivity index (χ1) is 16.1. The van der Waals surface area contributed by atoms with E-state index in [0.29, 0.717) is 11.5 Å². The highest BCUT2D eigenvalue weighted by Gasteiger charge is 2.21. The fraction of sp³-hybridized carbons (Fsp3) is 0.333. The summed E-state index contributed by atoms with van der Waals surface area (Å²) in [5.74, 6) is 0.0805. The standard InChI is InChI=1S/C30H35N3O/c1-19(2)17-28(22-7-9-23(10-8-22)29(31)34)33-27-16-15-25(20(3)26(27)18-32-33)21-11-13-24(14-12-21)30(4,5)6/h7-16,18-19,28H,17H2,1-6H3,(H2,31,34). The van der Waals surface area contributed by atoms with E-state index in [1.165, 1.54) is 27.6 Å². The van der Waals surface area contributed by atoms with Gasteiger partial charge in [0.2, 0.25) is 5.91 Å². The van der Waals surface area contributed by atoms with Crippen molar-refractivity contribution in [3.63, 3.8) is 0 Å². The van der Waals surface area contributed by atoms with E-state index >= 15 is 0 Å². The molecule has 0 aliphatic heterocycles. The minimum absolute atomic E-state index is 0.0794. The molecule has 0 bridgehead atoms. The summed E-state index contributed by atoms with van der Waals surface area (Å²) >= 11 is 0. The summed E-state index contributed by atoms with van der Waals surface area (Å²) in [6, 6.07) is 21.0. The molecule has 1 aromatic heterocycles. The minimum Gasteiger partial charge on any atom is -0.366 e. The molecule has 1 unspecified atom stereocenters. The maximum absolute atomic E-state index is 11.5. The van der Waals surface area contributed by atoms with E-state index in [2.05, 4.69) is 82.6 Å². The fourth-order valence-electron chi connectivity index (χ4n) is 4.66. The van der Waals surface area contributed by atoms with Crippen molar-refractivity contribution < 1.29 is 4.79 Å². The third kappa shape index (κ3) is 4.63. The molecule has 0 aliphatic carbocycles. The smallest absolute Gasteiger partial charge is 0.248 e. The van der Waals surface area contributed by atoms with Gasteiger partial charge in [0.1, 0.15) is 0 Å². The van der Waals surface area contributed by atoms with Crippen LogP contribution in [0.4, 0.5) is 0 Å². The molecular weight excluding hydrogens is 418 g/mol. The SMILES string of the molecule is Cc1c(-c2ccc(C(C)(C)C)cc2)ccc2c1cnn2C(CC(C)C)c1ccc(C(N)=O)cc1. The van der Waals surface area contributed by atoms with Crippen LogP contribution in [0, 0.1) is 12.8 Å². The van der Waals surface area contributed by atoms with Gasteiger partial charge < -0.3 is 5.73 Å². The molecule has 0 fully saturated rings. The Morgan fingerprint density at radius 1 is 0.971 bits per heavy atom. The average Bonchev–Trinajstić information content (AvgIpc) is 3.22. The number of hydrogen-bond donors (Lipinski definition) is 1. The van der Waals surface area contributed by atoms with Crippen LogP contribution in [-0.2, 0) is 5.41 Å². The first kappa shape index (κ1) is 23.7. The van der Waals surface area contributed by atoms with E-state index in [-0.39, 0.29) is 11.5 Å². The summed E-state index contributed by atoms with van der Waals surface area (Å²) in [6.07, 6.45) is 2.94. The Labute approximate surface area is 202 Å². The fourth-order valence-corrected chi connectivity index (χ4v) is 4.66. The van der Waals surface area contributed by atoms with Crippen LogP contribution in [0.15, 0.2) is 66.9 Å². The molecule has 4 rings (SSSR count). The number of fused-ring (bicyclic) bond motifs is 1. The predicted molar refractivity (Wildman–Crippen MR) is 141 cm³/mol. The first-order valence-electron chi connectivity index (χ1n) is 12.0. The van der Waals surface area contributed by atoms with Gasteiger partial charge in [0.15, 0.2) is 0 Å². The maximum atomic E-state index is 11.5. The van der Waals surface area contributed by atoms with Crippen LogP contribution < -0.4 is 5.73 Å². The molecule has 0 radical (unpaired) electrons. The minimum atomic E-state index is -0.407. The Morgan fingerprint density at radius 2 is 1.62 bits per heavy atom. The van der Waals surface area contributed by atoms with Crippen LogP contribution in [0.3, 0.4) is 0 Å². The molecule has 3 aromatic carbocycles. The van der Waals surface area contributed by atoms with Crippen molar-refractivity contribution in [1.82, 2.24) is 9.78 Å². The van der Waals surface area contributed by atoms with Gasteiger partial charge in [-0.05, 0) is 70.7 Å². The lowest BCUT2D eigenvalue weighted by Crippen LogP contribution is -2.15. The summed E-state index contributed by atoms with van der Waals surface area (Å²) in [6.45, 7) is 13.3. The third-order valence-electron chi connectivity index (χ3n) is 6.68.